The zero-order valence-electron chi connectivity index (χ0n) is 19.0. The molecule has 8 heteroatoms. The smallest absolute Gasteiger partial charge is 0.255 e. The molecule has 1 fully saturated rings. The summed E-state index contributed by atoms with van der Waals surface area (Å²) in [5, 5.41) is 13.6. The minimum atomic E-state index is -0.199. The van der Waals surface area contributed by atoms with Crippen molar-refractivity contribution in [2.45, 2.75) is 25.9 Å². The molecule has 1 aliphatic heterocycles. The summed E-state index contributed by atoms with van der Waals surface area (Å²) in [4.78, 5) is 29.8. The van der Waals surface area contributed by atoms with Crippen LogP contribution >= 0.6 is 11.6 Å². The fourth-order valence-corrected chi connectivity index (χ4v) is 4.54. The molecule has 0 bridgehead atoms. The SMILES string of the molecule is C[C@H](CNC(=O)c1c[nH]c(=O)c2ccccc12)CN1CCC(Oc2ccc(C#N)c(Cl)c2)CC1. The highest BCUT2D eigenvalue weighted by Crippen LogP contribution is 2.25. The minimum absolute atomic E-state index is 0.115. The summed E-state index contributed by atoms with van der Waals surface area (Å²) < 4.78 is 6.06. The maximum Gasteiger partial charge on any atom is 0.255 e. The van der Waals surface area contributed by atoms with Crippen LogP contribution in [0.25, 0.3) is 10.8 Å². The average Bonchev–Trinajstić information content (AvgIpc) is 2.84. The van der Waals surface area contributed by atoms with Crippen molar-refractivity contribution in [3.05, 3.63) is 75.2 Å². The lowest BCUT2D eigenvalue weighted by atomic mass is 10.0. The van der Waals surface area contributed by atoms with Gasteiger partial charge in [0.25, 0.3) is 11.5 Å². The van der Waals surface area contributed by atoms with Crippen LogP contribution in [-0.2, 0) is 0 Å². The lowest BCUT2D eigenvalue weighted by molar-refractivity contribution is 0.0886. The first kappa shape index (κ1) is 23.8. The van der Waals surface area contributed by atoms with Crippen molar-refractivity contribution < 1.29 is 9.53 Å². The van der Waals surface area contributed by atoms with Gasteiger partial charge in [-0.25, -0.2) is 0 Å². The number of hydrogen-bond acceptors (Lipinski definition) is 5. The Morgan fingerprint density at radius 2 is 2.00 bits per heavy atom. The number of piperidine rings is 1. The second-order valence-corrected chi connectivity index (χ2v) is 9.17. The number of amides is 1. The standard InChI is InChI=1S/C26H27ClN4O3/c1-17(14-29-26(33)23-15-30-25(32)22-5-3-2-4-21(22)23)16-31-10-8-19(9-11-31)34-20-7-6-18(13-28)24(27)12-20/h2-7,12,15,17,19H,8-11,14,16H2,1H3,(H,29,33)(H,30,32)/t17-/m1/s1. The second kappa shape index (κ2) is 10.7. The molecular formula is C26H27ClN4O3. The van der Waals surface area contributed by atoms with Gasteiger partial charge in [-0.2, -0.15) is 5.26 Å². The Hall–Kier alpha value is -3.34. The molecular weight excluding hydrogens is 452 g/mol. The monoisotopic (exact) mass is 478 g/mol. The molecule has 1 amide bonds. The molecule has 0 spiro atoms. The second-order valence-electron chi connectivity index (χ2n) is 8.76. The summed E-state index contributed by atoms with van der Waals surface area (Å²) in [6.45, 7) is 5.37. The van der Waals surface area contributed by atoms with E-state index in [1.807, 2.05) is 6.07 Å². The topological polar surface area (TPSA) is 98.2 Å². The van der Waals surface area contributed by atoms with E-state index in [1.54, 1.807) is 36.4 Å². The fraction of sp³-hybridized carbons (Fsp3) is 0.346. The van der Waals surface area contributed by atoms with Crippen LogP contribution in [0.5, 0.6) is 5.75 Å². The number of benzene rings is 2. The van der Waals surface area contributed by atoms with Gasteiger partial charge >= 0.3 is 0 Å². The van der Waals surface area contributed by atoms with E-state index in [4.69, 9.17) is 21.6 Å². The van der Waals surface area contributed by atoms with Gasteiger partial charge < -0.3 is 19.9 Å². The number of nitriles is 1. The lowest BCUT2D eigenvalue weighted by Crippen LogP contribution is -2.42. The van der Waals surface area contributed by atoms with E-state index in [-0.39, 0.29) is 23.5 Å². The van der Waals surface area contributed by atoms with Crippen LogP contribution in [0.2, 0.25) is 5.02 Å². The molecule has 34 heavy (non-hydrogen) atoms. The molecule has 1 aliphatic rings. The van der Waals surface area contributed by atoms with E-state index in [2.05, 4.69) is 28.2 Å². The van der Waals surface area contributed by atoms with Crippen molar-refractivity contribution in [2.75, 3.05) is 26.2 Å². The van der Waals surface area contributed by atoms with Crippen molar-refractivity contribution in [1.29, 1.82) is 5.26 Å². The first-order chi connectivity index (χ1) is 16.4. The highest BCUT2D eigenvalue weighted by atomic mass is 35.5. The maximum atomic E-state index is 12.8. The summed E-state index contributed by atoms with van der Waals surface area (Å²) in [6, 6.07) is 14.3. The normalized spacial score (nSPS) is 15.6. The van der Waals surface area contributed by atoms with E-state index in [0.717, 1.165) is 32.5 Å². The maximum absolute atomic E-state index is 12.8. The van der Waals surface area contributed by atoms with Gasteiger partial charge in [-0.05, 0) is 37.0 Å². The number of aromatic amines is 1. The van der Waals surface area contributed by atoms with Gasteiger partial charge in [0.2, 0.25) is 0 Å². The number of pyridine rings is 1. The van der Waals surface area contributed by atoms with Crippen LogP contribution in [-0.4, -0.2) is 48.1 Å². The summed E-state index contributed by atoms with van der Waals surface area (Å²) in [6.07, 6.45) is 3.40. The number of nitrogens with zero attached hydrogens (tertiary/aromatic N) is 2. The van der Waals surface area contributed by atoms with Crippen LogP contribution in [0.15, 0.2) is 53.5 Å². The van der Waals surface area contributed by atoms with Crippen LogP contribution in [0.1, 0.15) is 35.7 Å². The number of hydrogen-bond donors (Lipinski definition) is 2. The molecule has 0 aliphatic carbocycles. The zero-order chi connectivity index (χ0) is 24.1. The molecule has 1 atom stereocenters. The highest BCUT2D eigenvalue weighted by molar-refractivity contribution is 6.31. The van der Waals surface area contributed by atoms with E-state index < -0.39 is 0 Å². The lowest BCUT2D eigenvalue weighted by Gasteiger charge is -2.33. The largest absolute Gasteiger partial charge is 0.490 e. The number of rotatable bonds is 7. The highest BCUT2D eigenvalue weighted by Gasteiger charge is 2.22. The Labute approximate surface area is 203 Å². The van der Waals surface area contributed by atoms with E-state index in [9.17, 15) is 9.59 Å². The number of fused-ring (bicyclic) bond motifs is 1. The molecule has 4 rings (SSSR count). The van der Waals surface area contributed by atoms with E-state index >= 15 is 0 Å². The van der Waals surface area contributed by atoms with Gasteiger partial charge in [-0.15, -0.1) is 0 Å². The quantitative estimate of drug-likeness (QED) is 0.535. The van der Waals surface area contributed by atoms with Gasteiger partial charge in [0.05, 0.1) is 16.1 Å². The molecule has 1 saturated heterocycles. The molecule has 2 aromatic carbocycles. The number of ether oxygens (including phenoxy) is 1. The molecule has 2 N–H and O–H groups in total. The number of halogens is 1. The summed E-state index contributed by atoms with van der Waals surface area (Å²) in [5.74, 6) is 0.772. The first-order valence-electron chi connectivity index (χ1n) is 11.4. The third-order valence-electron chi connectivity index (χ3n) is 6.13. The molecule has 2 heterocycles. The van der Waals surface area contributed by atoms with Gasteiger partial charge in [-0.3, -0.25) is 9.59 Å². The molecule has 7 nitrogen and oxygen atoms in total. The fourth-order valence-electron chi connectivity index (χ4n) is 4.33. The Morgan fingerprint density at radius 1 is 1.26 bits per heavy atom. The predicted octanol–water partition coefficient (Wildman–Crippen LogP) is 3.96. The number of carbonyl (C=O) groups is 1. The Balaban J connectivity index is 1.24. The minimum Gasteiger partial charge on any atom is -0.490 e. The third kappa shape index (κ3) is 5.58. The van der Waals surface area contributed by atoms with Crippen LogP contribution in [0, 0.1) is 17.2 Å². The van der Waals surface area contributed by atoms with Crippen LogP contribution < -0.4 is 15.6 Å². The third-order valence-corrected chi connectivity index (χ3v) is 6.45. The van der Waals surface area contributed by atoms with Gasteiger partial charge in [-0.1, -0.05) is 36.7 Å². The van der Waals surface area contributed by atoms with Crippen molar-refractivity contribution >= 4 is 28.3 Å². The molecule has 0 unspecified atom stereocenters. The molecule has 176 valence electrons. The van der Waals surface area contributed by atoms with E-state index in [0.29, 0.717) is 39.2 Å². The first-order valence-corrected chi connectivity index (χ1v) is 11.8. The van der Waals surface area contributed by atoms with Crippen molar-refractivity contribution in [1.82, 2.24) is 15.2 Å². The average molecular weight is 479 g/mol. The number of H-pyrrole nitrogens is 1. The van der Waals surface area contributed by atoms with Crippen molar-refractivity contribution in [3.63, 3.8) is 0 Å². The zero-order valence-corrected chi connectivity index (χ0v) is 19.8. The van der Waals surface area contributed by atoms with E-state index in [1.165, 1.54) is 6.20 Å². The number of likely N-dealkylation sites (tertiary alicyclic amines) is 1. The van der Waals surface area contributed by atoms with Crippen LogP contribution in [0.4, 0.5) is 0 Å². The van der Waals surface area contributed by atoms with Gasteiger partial charge in [0, 0.05) is 49.2 Å². The molecule has 0 radical (unpaired) electrons. The molecule has 3 aromatic rings. The number of carbonyl (C=O) groups excluding carboxylic acids is 1. The van der Waals surface area contributed by atoms with Crippen molar-refractivity contribution in [2.24, 2.45) is 5.92 Å². The number of nitrogens with one attached hydrogen (secondary N) is 2. The van der Waals surface area contributed by atoms with Crippen LogP contribution in [0.3, 0.4) is 0 Å². The summed E-state index contributed by atoms with van der Waals surface area (Å²) in [5.41, 5.74) is 0.720. The summed E-state index contributed by atoms with van der Waals surface area (Å²) in [7, 11) is 0. The number of aromatic nitrogens is 1. The predicted molar refractivity (Wildman–Crippen MR) is 132 cm³/mol. The Bertz CT molecular complexity index is 1280. The molecule has 1 aromatic heterocycles. The van der Waals surface area contributed by atoms with Gasteiger partial charge in [0.15, 0.2) is 0 Å². The van der Waals surface area contributed by atoms with Gasteiger partial charge in [0.1, 0.15) is 17.9 Å². The molecule has 0 saturated carbocycles. The van der Waals surface area contributed by atoms with Crippen molar-refractivity contribution in [3.8, 4) is 11.8 Å². The Kier molecular flexibility index (Phi) is 7.51. The Morgan fingerprint density at radius 3 is 2.71 bits per heavy atom. The summed E-state index contributed by atoms with van der Waals surface area (Å²) >= 11 is 6.10.